The zero-order chi connectivity index (χ0) is 22.4. The second kappa shape index (κ2) is 10.4. The van der Waals surface area contributed by atoms with Gasteiger partial charge >= 0.3 is 11.0 Å². The first kappa shape index (κ1) is 27.4. The van der Waals surface area contributed by atoms with Gasteiger partial charge in [0, 0.05) is 11.8 Å². The van der Waals surface area contributed by atoms with Gasteiger partial charge in [-0.15, -0.1) is 0 Å². The second-order valence-corrected chi connectivity index (χ2v) is 10.3. The Balaban J connectivity index is 0.000000525. The molecule has 2 atom stereocenters. The third-order valence-corrected chi connectivity index (χ3v) is 7.10. The van der Waals surface area contributed by atoms with E-state index in [1.54, 1.807) is 0 Å². The number of nitrogens with zero attached hydrogens (tertiary/aromatic N) is 1. The monoisotopic (exact) mass is 464 g/mol. The van der Waals surface area contributed by atoms with Crippen molar-refractivity contribution >= 4 is 20.0 Å². The van der Waals surface area contributed by atoms with Gasteiger partial charge in [0.2, 0.25) is 0 Å². The zero-order valence-corrected chi connectivity index (χ0v) is 17.4. The highest BCUT2D eigenvalue weighted by molar-refractivity contribution is 8.13. The number of alkyl halides is 6. The molecule has 0 aromatic heterocycles. The predicted molar refractivity (Wildman–Crippen MR) is 91.3 cm³/mol. The molecule has 0 bridgehead atoms. The van der Waals surface area contributed by atoms with Crippen molar-refractivity contribution in [2.75, 3.05) is 19.6 Å². The minimum atomic E-state index is -6.72. The molecule has 0 aliphatic carbocycles. The topological polar surface area (TPSA) is 86.8 Å². The van der Waals surface area contributed by atoms with E-state index >= 15 is 0 Å². The van der Waals surface area contributed by atoms with E-state index in [1.165, 1.54) is 45.3 Å². The number of hydrogen-bond acceptors (Lipinski definition) is 4. The Morgan fingerprint density at radius 3 is 1.54 bits per heavy atom. The standard InChI is InChI=1S/C12H25N.C2F6NO4S2/c1-4-5-6-7-8-13-9-11(2)12(3)10-13;3-1(4,5)14(10,11)9-15(12,13)2(6,7)8/h11-12H,4-10H2,1-3H3;/q;-1/p+1. The van der Waals surface area contributed by atoms with Crippen LogP contribution in [0.2, 0.25) is 0 Å². The third-order valence-electron chi connectivity index (χ3n) is 4.36. The van der Waals surface area contributed by atoms with Crippen molar-refractivity contribution in [3.8, 4) is 0 Å². The number of quaternary nitrogens is 1. The molecule has 1 aliphatic rings. The fourth-order valence-electron chi connectivity index (χ4n) is 2.62. The van der Waals surface area contributed by atoms with E-state index in [0.717, 1.165) is 16.0 Å². The smallest absolute Gasteiger partial charge is 0.421 e. The van der Waals surface area contributed by atoms with Crippen LogP contribution in [0.5, 0.6) is 0 Å². The van der Waals surface area contributed by atoms with Crippen LogP contribution in [-0.2, 0) is 20.0 Å². The maximum absolute atomic E-state index is 11.4. The Labute approximate surface area is 161 Å². The Morgan fingerprint density at radius 2 is 1.21 bits per heavy atom. The first-order valence-electron chi connectivity index (χ1n) is 8.65. The summed E-state index contributed by atoms with van der Waals surface area (Å²) in [7, 11) is -13.4. The van der Waals surface area contributed by atoms with Crippen LogP contribution in [-0.4, -0.2) is 47.5 Å². The maximum Gasteiger partial charge on any atom is 0.480 e. The zero-order valence-electron chi connectivity index (χ0n) is 15.8. The number of nitrogens with one attached hydrogen (secondary N) is 1. The lowest BCUT2D eigenvalue weighted by Gasteiger charge is -2.22. The molecule has 28 heavy (non-hydrogen) atoms. The van der Waals surface area contributed by atoms with Crippen LogP contribution in [0.1, 0.15) is 46.5 Å². The molecule has 1 rings (SSSR count). The molecule has 1 aliphatic heterocycles. The molecule has 0 aromatic carbocycles. The minimum Gasteiger partial charge on any atom is -0.421 e. The molecule has 170 valence electrons. The average molecular weight is 464 g/mol. The van der Waals surface area contributed by atoms with Crippen molar-refractivity contribution in [3.63, 3.8) is 0 Å². The summed E-state index contributed by atoms with van der Waals surface area (Å²) in [5.74, 6) is 1.92. The largest absolute Gasteiger partial charge is 0.480 e. The SMILES string of the molecule is CCCCCC[NH+]1CC(C)C(C)C1.O=S(=O)([N-]S(=O)(=O)C(F)(F)F)C(F)(F)F. The molecule has 1 N–H and O–H groups in total. The van der Waals surface area contributed by atoms with Gasteiger partial charge in [-0.25, -0.2) is 16.8 Å². The lowest BCUT2D eigenvalue weighted by Crippen LogP contribution is -3.10. The molecule has 0 amide bonds. The van der Waals surface area contributed by atoms with Crippen molar-refractivity contribution < 1.29 is 48.1 Å². The number of unbranched alkanes of at least 4 members (excludes halogenated alkanes) is 3. The minimum absolute atomic E-state index is 0.778. The molecule has 1 fully saturated rings. The van der Waals surface area contributed by atoms with Crippen LogP contribution < -0.4 is 4.90 Å². The third kappa shape index (κ3) is 8.82. The first-order valence-corrected chi connectivity index (χ1v) is 11.5. The van der Waals surface area contributed by atoms with Crippen LogP contribution in [0.3, 0.4) is 0 Å². The van der Waals surface area contributed by atoms with Crippen LogP contribution in [0.25, 0.3) is 4.13 Å². The summed E-state index contributed by atoms with van der Waals surface area (Å²) in [5, 5.41) is 0. The van der Waals surface area contributed by atoms with E-state index in [-0.39, 0.29) is 0 Å². The van der Waals surface area contributed by atoms with Crippen LogP contribution in [0.15, 0.2) is 0 Å². The molecule has 2 unspecified atom stereocenters. The molecular formula is C14H26F6N2O4S2. The molecular weight excluding hydrogens is 438 g/mol. The lowest BCUT2D eigenvalue weighted by molar-refractivity contribution is -0.890. The normalized spacial score (nSPS) is 24.0. The molecule has 1 heterocycles. The molecule has 0 spiro atoms. The Hall–Kier alpha value is -0.600. The van der Waals surface area contributed by atoms with Crippen molar-refractivity contribution in [2.45, 2.75) is 57.5 Å². The number of sulfonamides is 2. The van der Waals surface area contributed by atoms with Gasteiger partial charge in [0.1, 0.15) is 0 Å². The highest BCUT2D eigenvalue weighted by Gasteiger charge is 2.46. The number of hydrogen-bond donors (Lipinski definition) is 1. The van der Waals surface area contributed by atoms with Gasteiger partial charge in [0.15, 0.2) is 20.0 Å². The fraction of sp³-hybridized carbons (Fsp3) is 1.00. The van der Waals surface area contributed by atoms with Gasteiger partial charge in [-0.3, -0.25) is 0 Å². The summed E-state index contributed by atoms with van der Waals surface area (Å²) >= 11 is 0. The summed E-state index contributed by atoms with van der Waals surface area (Å²) < 4.78 is 109. The number of halogens is 6. The highest BCUT2D eigenvalue weighted by Crippen LogP contribution is 2.36. The Morgan fingerprint density at radius 1 is 0.821 bits per heavy atom. The van der Waals surface area contributed by atoms with Crippen molar-refractivity contribution in [1.82, 2.24) is 0 Å². The van der Waals surface area contributed by atoms with Crippen molar-refractivity contribution in [3.05, 3.63) is 4.13 Å². The molecule has 14 heteroatoms. The number of likely N-dealkylation sites (tertiary alicyclic amines) is 1. The van der Waals surface area contributed by atoms with E-state index in [0.29, 0.717) is 0 Å². The molecule has 6 nitrogen and oxygen atoms in total. The molecule has 0 aromatic rings. The second-order valence-electron chi connectivity index (χ2n) is 6.84. The van der Waals surface area contributed by atoms with E-state index in [1.807, 2.05) is 4.90 Å². The van der Waals surface area contributed by atoms with E-state index < -0.39 is 31.1 Å². The summed E-state index contributed by atoms with van der Waals surface area (Å²) in [6.45, 7) is 11.4. The van der Waals surface area contributed by atoms with E-state index in [2.05, 4.69) is 20.8 Å². The van der Waals surface area contributed by atoms with Gasteiger partial charge < -0.3 is 9.03 Å². The molecule has 0 radical (unpaired) electrons. The van der Waals surface area contributed by atoms with Gasteiger partial charge in [0.25, 0.3) is 0 Å². The fourth-order valence-corrected chi connectivity index (χ4v) is 4.33. The van der Waals surface area contributed by atoms with Crippen LogP contribution in [0, 0.1) is 11.8 Å². The Kier molecular flexibility index (Phi) is 10.2. The first-order chi connectivity index (χ1) is 12.4. The van der Waals surface area contributed by atoms with E-state index in [9.17, 15) is 43.2 Å². The maximum atomic E-state index is 11.4. The lowest BCUT2D eigenvalue weighted by atomic mass is 10.0. The van der Waals surface area contributed by atoms with Gasteiger partial charge in [-0.2, -0.15) is 26.3 Å². The molecule has 0 saturated carbocycles. The van der Waals surface area contributed by atoms with Crippen LogP contribution in [0.4, 0.5) is 26.3 Å². The summed E-state index contributed by atoms with van der Waals surface area (Å²) in [6, 6.07) is 0. The van der Waals surface area contributed by atoms with Gasteiger partial charge in [-0.05, 0) is 12.8 Å². The average Bonchev–Trinajstić information content (AvgIpc) is 2.79. The van der Waals surface area contributed by atoms with Gasteiger partial charge in [-0.1, -0.05) is 33.6 Å². The summed E-state index contributed by atoms with van der Waals surface area (Å²) in [4.78, 5) is 1.86. The van der Waals surface area contributed by atoms with E-state index in [4.69, 9.17) is 0 Å². The predicted octanol–water partition coefficient (Wildman–Crippen LogP) is 2.80. The van der Waals surface area contributed by atoms with Gasteiger partial charge in [0.05, 0.1) is 19.6 Å². The number of rotatable bonds is 7. The molecule has 1 saturated heterocycles. The Bertz CT molecular complexity index is 625. The van der Waals surface area contributed by atoms with Crippen molar-refractivity contribution in [2.24, 2.45) is 11.8 Å². The summed E-state index contributed by atoms with van der Waals surface area (Å²) in [5.41, 5.74) is -12.4. The highest BCUT2D eigenvalue weighted by atomic mass is 32.3. The van der Waals surface area contributed by atoms with Crippen LogP contribution >= 0.6 is 0 Å². The quantitative estimate of drug-likeness (QED) is 0.464. The van der Waals surface area contributed by atoms with Crippen molar-refractivity contribution in [1.29, 1.82) is 0 Å². The summed E-state index contributed by atoms with van der Waals surface area (Å²) in [6.07, 6.45) is 5.69.